The Kier molecular flexibility index (Phi) is 5.19. The zero-order valence-electron chi connectivity index (χ0n) is 10.4. The van der Waals surface area contributed by atoms with Gasteiger partial charge < -0.3 is 11.1 Å². The van der Waals surface area contributed by atoms with Gasteiger partial charge in [0.25, 0.3) is 0 Å². The van der Waals surface area contributed by atoms with E-state index >= 15 is 0 Å². The predicted octanol–water partition coefficient (Wildman–Crippen LogP) is 3.61. The van der Waals surface area contributed by atoms with Crippen LogP contribution in [0.4, 0.5) is 5.82 Å². The molecule has 0 saturated carbocycles. The Bertz CT molecular complexity index is 543. The maximum atomic E-state index is 5.85. The normalized spacial score (nSPS) is 10.5. The van der Waals surface area contributed by atoms with Crippen LogP contribution >= 0.6 is 27.5 Å². The second-order valence-electron chi connectivity index (χ2n) is 4.19. The van der Waals surface area contributed by atoms with Crippen LogP contribution < -0.4 is 11.1 Å². The number of anilines is 1. The largest absolute Gasteiger partial charge is 0.365 e. The Morgan fingerprint density at radius 1 is 1.21 bits per heavy atom. The zero-order chi connectivity index (χ0) is 13.7. The molecular weight excluding hydrogens is 326 g/mol. The van der Waals surface area contributed by atoms with Crippen molar-refractivity contribution in [1.82, 2.24) is 4.98 Å². The van der Waals surface area contributed by atoms with Crippen LogP contribution in [-0.2, 0) is 13.0 Å². The Morgan fingerprint density at radius 3 is 2.53 bits per heavy atom. The van der Waals surface area contributed by atoms with E-state index in [4.69, 9.17) is 17.3 Å². The molecule has 0 aliphatic carbocycles. The van der Waals surface area contributed by atoms with Crippen LogP contribution in [-0.4, -0.2) is 11.5 Å². The summed E-state index contributed by atoms with van der Waals surface area (Å²) < 4.78 is 0.861. The summed E-state index contributed by atoms with van der Waals surface area (Å²) in [6, 6.07) is 10.2. The van der Waals surface area contributed by atoms with E-state index in [0.717, 1.165) is 23.3 Å². The van der Waals surface area contributed by atoms with E-state index in [1.807, 2.05) is 6.07 Å². The van der Waals surface area contributed by atoms with Crippen LogP contribution in [0.2, 0.25) is 5.02 Å². The third-order valence-electron chi connectivity index (χ3n) is 2.72. The molecule has 0 spiro atoms. The summed E-state index contributed by atoms with van der Waals surface area (Å²) in [5.74, 6) is 0.787. The van der Waals surface area contributed by atoms with Gasteiger partial charge in [-0.3, -0.25) is 0 Å². The first kappa shape index (κ1) is 14.3. The second kappa shape index (κ2) is 6.89. The number of nitrogens with zero attached hydrogens (tertiary/aromatic N) is 1. The van der Waals surface area contributed by atoms with Crippen molar-refractivity contribution in [2.24, 2.45) is 5.73 Å². The number of nitrogens with one attached hydrogen (secondary N) is 1. The lowest BCUT2D eigenvalue weighted by Gasteiger charge is -2.08. The van der Waals surface area contributed by atoms with Gasteiger partial charge in [-0.25, -0.2) is 4.98 Å². The molecule has 1 heterocycles. The number of nitrogens with two attached hydrogens (primary N) is 1. The zero-order valence-corrected chi connectivity index (χ0v) is 12.7. The van der Waals surface area contributed by atoms with Crippen molar-refractivity contribution in [2.75, 3.05) is 11.9 Å². The highest BCUT2D eigenvalue weighted by molar-refractivity contribution is 9.10. The highest BCUT2D eigenvalue weighted by Crippen LogP contribution is 2.23. The monoisotopic (exact) mass is 339 g/mol. The van der Waals surface area contributed by atoms with Gasteiger partial charge >= 0.3 is 0 Å². The van der Waals surface area contributed by atoms with Gasteiger partial charge in [0.1, 0.15) is 5.82 Å². The van der Waals surface area contributed by atoms with E-state index in [2.05, 4.69) is 50.5 Å². The van der Waals surface area contributed by atoms with Gasteiger partial charge in [-0.2, -0.15) is 0 Å². The lowest BCUT2D eigenvalue weighted by atomic mass is 10.1. The molecule has 0 saturated heterocycles. The van der Waals surface area contributed by atoms with Gasteiger partial charge in [0.2, 0.25) is 0 Å². The summed E-state index contributed by atoms with van der Waals surface area (Å²) in [4.78, 5) is 4.23. The Balaban J connectivity index is 1.98. The summed E-state index contributed by atoms with van der Waals surface area (Å²) in [7, 11) is 0. The molecule has 100 valence electrons. The molecule has 0 atom stereocenters. The lowest BCUT2D eigenvalue weighted by Crippen LogP contribution is -2.04. The third-order valence-corrected chi connectivity index (χ3v) is 3.53. The van der Waals surface area contributed by atoms with Gasteiger partial charge in [0.05, 0.1) is 9.50 Å². The van der Waals surface area contributed by atoms with Gasteiger partial charge in [0, 0.05) is 12.7 Å². The third kappa shape index (κ3) is 4.20. The van der Waals surface area contributed by atoms with Gasteiger partial charge in [-0.1, -0.05) is 35.9 Å². The molecule has 5 heteroatoms. The van der Waals surface area contributed by atoms with Crippen LogP contribution in [0.25, 0.3) is 0 Å². The number of benzene rings is 1. The molecule has 0 amide bonds. The van der Waals surface area contributed by atoms with Crippen molar-refractivity contribution < 1.29 is 0 Å². The van der Waals surface area contributed by atoms with Crippen LogP contribution in [0.15, 0.2) is 41.0 Å². The molecule has 1 aromatic carbocycles. The number of aromatic nitrogens is 1. The predicted molar refractivity (Wildman–Crippen MR) is 83.5 cm³/mol. The van der Waals surface area contributed by atoms with Crippen molar-refractivity contribution >= 4 is 33.3 Å². The molecule has 1 aromatic heterocycles. The van der Waals surface area contributed by atoms with E-state index in [-0.39, 0.29) is 0 Å². The fourth-order valence-electron chi connectivity index (χ4n) is 1.72. The minimum absolute atomic E-state index is 0.614. The van der Waals surface area contributed by atoms with Crippen LogP contribution in [0.5, 0.6) is 0 Å². The fourth-order valence-corrected chi connectivity index (χ4v) is 2.50. The van der Waals surface area contributed by atoms with E-state index in [0.29, 0.717) is 11.6 Å². The quantitative estimate of drug-likeness (QED) is 0.874. The number of rotatable bonds is 5. The van der Waals surface area contributed by atoms with E-state index in [9.17, 15) is 0 Å². The van der Waals surface area contributed by atoms with Gasteiger partial charge in [-0.05, 0) is 46.1 Å². The van der Waals surface area contributed by atoms with Gasteiger partial charge in [-0.15, -0.1) is 0 Å². The van der Waals surface area contributed by atoms with Crippen molar-refractivity contribution in [1.29, 1.82) is 0 Å². The standard InChI is InChI=1S/C14H15BrClN3/c15-13-7-12(16)9-19-14(13)18-8-11-3-1-10(2-4-11)5-6-17/h1-4,7,9H,5-6,8,17H2,(H,18,19). The molecule has 19 heavy (non-hydrogen) atoms. The average Bonchev–Trinajstić information content (AvgIpc) is 2.40. The fraction of sp³-hybridized carbons (Fsp3) is 0.214. The van der Waals surface area contributed by atoms with E-state index < -0.39 is 0 Å². The molecule has 0 unspecified atom stereocenters. The molecule has 0 radical (unpaired) electrons. The summed E-state index contributed by atoms with van der Waals surface area (Å²) >= 11 is 9.28. The topological polar surface area (TPSA) is 50.9 Å². The first-order chi connectivity index (χ1) is 9.19. The van der Waals surface area contributed by atoms with Crippen molar-refractivity contribution in [3.05, 3.63) is 57.2 Å². The summed E-state index contributed by atoms with van der Waals surface area (Å²) in [6.07, 6.45) is 2.54. The van der Waals surface area contributed by atoms with Crippen molar-refractivity contribution in [3.63, 3.8) is 0 Å². The van der Waals surface area contributed by atoms with E-state index in [1.165, 1.54) is 11.1 Å². The molecule has 0 aliphatic rings. The minimum Gasteiger partial charge on any atom is -0.365 e. The van der Waals surface area contributed by atoms with Crippen molar-refractivity contribution in [2.45, 2.75) is 13.0 Å². The molecular formula is C14H15BrClN3. The second-order valence-corrected chi connectivity index (χ2v) is 5.48. The molecule has 2 rings (SSSR count). The number of hydrogen-bond acceptors (Lipinski definition) is 3. The molecule has 0 aliphatic heterocycles. The van der Waals surface area contributed by atoms with E-state index in [1.54, 1.807) is 6.20 Å². The smallest absolute Gasteiger partial charge is 0.140 e. The summed E-state index contributed by atoms with van der Waals surface area (Å²) in [6.45, 7) is 1.40. The summed E-state index contributed by atoms with van der Waals surface area (Å²) in [5.41, 5.74) is 7.99. The van der Waals surface area contributed by atoms with Crippen LogP contribution in [0.1, 0.15) is 11.1 Å². The molecule has 0 fully saturated rings. The summed E-state index contributed by atoms with van der Waals surface area (Å²) in [5, 5.41) is 3.88. The number of hydrogen-bond donors (Lipinski definition) is 2. The molecule has 3 nitrogen and oxygen atoms in total. The maximum absolute atomic E-state index is 5.85. The highest BCUT2D eigenvalue weighted by Gasteiger charge is 2.02. The maximum Gasteiger partial charge on any atom is 0.140 e. The highest BCUT2D eigenvalue weighted by atomic mass is 79.9. The number of halogens is 2. The Hall–Kier alpha value is -1.10. The van der Waals surface area contributed by atoms with Crippen molar-refractivity contribution in [3.8, 4) is 0 Å². The lowest BCUT2D eigenvalue weighted by molar-refractivity contribution is 0.965. The molecule has 0 bridgehead atoms. The first-order valence-electron chi connectivity index (χ1n) is 6.02. The molecule has 2 aromatic rings. The Morgan fingerprint density at radius 2 is 1.89 bits per heavy atom. The minimum atomic E-state index is 0.614. The van der Waals surface area contributed by atoms with Gasteiger partial charge in [0.15, 0.2) is 0 Å². The van der Waals surface area contributed by atoms with Crippen LogP contribution in [0, 0.1) is 0 Å². The molecule has 3 N–H and O–H groups in total. The first-order valence-corrected chi connectivity index (χ1v) is 7.19. The Labute approximate surface area is 126 Å². The van der Waals surface area contributed by atoms with Crippen LogP contribution in [0.3, 0.4) is 0 Å². The number of pyridine rings is 1. The SMILES string of the molecule is NCCc1ccc(CNc2ncc(Cl)cc2Br)cc1. The average molecular weight is 341 g/mol.